The standard InChI is InChI=1S/C11H18N2O3S/c1-16-8-2-7-13-17(14,15)11-5-3-10(9-12)4-6-11/h3-6,13H,2,7-9,12H2,1H3. The zero-order valence-electron chi connectivity index (χ0n) is 9.85. The van der Waals surface area contributed by atoms with Crippen molar-refractivity contribution in [1.29, 1.82) is 0 Å². The molecule has 0 bridgehead atoms. The maximum absolute atomic E-state index is 11.8. The van der Waals surface area contributed by atoms with E-state index in [2.05, 4.69) is 4.72 Å². The number of rotatable bonds is 7. The van der Waals surface area contributed by atoms with E-state index in [0.717, 1.165) is 5.56 Å². The van der Waals surface area contributed by atoms with E-state index in [1.807, 2.05) is 0 Å². The first-order chi connectivity index (χ1) is 8.10. The second kappa shape index (κ2) is 6.70. The van der Waals surface area contributed by atoms with E-state index in [4.69, 9.17) is 10.5 Å². The molecule has 0 aromatic heterocycles. The van der Waals surface area contributed by atoms with Gasteiger partial charge in [-0.3, -0.25) is 0 Å². The fraction of sp³-hybridized carbons (Fsp3) is 0.455. The molecule has 0 saturated heterocycles. The molecule has 0 fully saturated rings. The lowest BCUT2D eigenvalue weighted by Crippen LogP contribution is -2.25. The van der Waals surface area contributed by atoms with Crippen LogP contribution in [0, 0.1) is 0 Å². The number of hydrogen-bond donors (Lipinski definition) is 2. The lowest BCUT2D eigenvalue weighted by molar-refractivity contribution is 0.196. The monoisotopic (exact) mass is 258 g/mol. The van der Waals surface area contributed by atoms with Crippen LogP contribution in [0.5, 0.6) is 0 Å². The molecule has 5 nitrogen and oxygen atoms in total. The van der Waals surface area contributed by atoms with Crippen LogP contribution in [-0.4, -0.2) is 28.7 Å². The van der Waals surface area contributed by atoms with Gasteiger partial charge in [0.1, 0.15) is 0 Å². The normalized spacial score (nSPS) is 11.6. The lowest BCUT2D eigenvalue weighted by Gasteiger charge is -2.07. The first kappa shape index (κ1) is 14.1. The third-order valence-electron chi connectivity index (χ3n) is 2.29. The molecule has 0 heterocycles. The van der Waals surface area contributed by atoms with E-state index in [1.54, 1.807) is 31.4 Å². The summed E-state index contributed by atoms with van der Waals surface area (Å²) in [7, 11) is -1.83. The van der Waals surface area contributed by atoms with Gasteiger partial charge in [0.2, 0.25) is 10.0 Å². The van der Waals surface area contributed by atoms with Crippen molar-refractivity contribution in [3.05, 3.63) is 29.8 Å². The maximum Gasteiger partial charge on any atom is 0.240 e. The fourth-order valence-corrected chi connectivity index (χ4v) is 2.39. The molecule has 0 atom stereocenters. The zero-order valence-corrected chi connectivity index (χ0v) is 10.7. The van der Waals surface area contributed by atoms with Gasteiger partial charge in [0.05, 0.1) is 4.90 Å². The molecule has 17 heavy (non-hydrogen) atoms. The number of nitrogens with two attached hydrogens (primary N) is 1. The SMILES string of the molecule is COCCCNS(=O)(=O)c1ccc(CN)cc1. The molecule has 96 valence electrons. The van der Waals surface area contributed by atoms with Crippen molar-refractivity contribution in [2.24, 2.45) is 5.73 Å². The van der Waals surface area contributed by atoms with Gasteiger partial charge >= 0.3 is 0 Å². The van der Waals surface area contributed by atoms with Crippen molar-refractivity contribution in [2.45, 2.75) is 17.9 Å². The summed E-state index contributed by atoms with van der Waals surface area (Å²) in [4.78, 5) is 0.257. The summed E-state index contributed by atoms with van der Waals surface area (Å²) >= 11 is 0. The second-order valence-corrected chi connectivity index (χ2v) is 5.36. The van der Waals surface area contributed by atoms with Gasteiger partial charge in [-0.2, -0.15) is 0 Å². The van der Waals surface area contributed by atoms with Crippen molar-refractivity contribution in [3.8, 4) is 0 Å². The highest BCUT2D eigenvalue weighted by Crippen LogP contribution is 2.09. The molecule has 0 radical (unpaired) electrons. The predicted octanol–water partition coefficient (Wildman–Crippen LogP) is 0.460. The number of sulfonamides is 1. The Balaban J connectivity index is 2.62. The van der Waals surface area contributed by atoms with Gasteiger partial charge in [0.25, 0.3) is 0 Å². The van der Waals surface area contributed by atoms with Crippen molar-refractivity contribution in [1.82, 2.24) is 4.72 Å². The topological polar surface area (TPSA) is 81.4 Å². The molecule has 0 aliphatic rings. The van der Waals surface area contributed by atoms with Gasteiger partial charge in [-0.25, -0.2) is 13.1 Å². The average Bonchev–Trinajstić information content (AvgIpc) is 2.35. The first-order valence-corrected chi connectivity index (χ1v) is 6.86. The van der Waals surface area contributed by atoms with Crippen molar-refractivity contribution in [2.75, 3.05) is 20.3 Å². The van der Waals surface area contributed by atoms with Crippen LogP contribution >= 0.6 is 0 Å². The number of ether oxygens (including phenoxy) is 1. The van der Waals surface area contributed by atoms with Crippen LogP contribution < -0.4 is 10.5 Å². The van der Waals surface area contributed by atoms with Crippen molar-refractivity contribution >= 4 is 10.0 Å². The molecule has 0 unspecified atom stereocenters. The number of benzene rings is 1. The van der Waals surface area contributed by atoms with Gasteiger partial charge in [-0.05, 0) is 24.1 Å². The Labute approximate surface area is 102 Å². The molecule has 0 spiro atoms. The smallest absolute Gasteiger partial charge is 0.240 e. The summed E-state index contributed by atoms with van der Waals surface area (Å²) in [6, 6.07) is 6.54. The van der Waals surface area contributed by atoms with Crippen molar-refractivity contribution in [3.63, 3.8) is 0 Å². The number of nitrogens with one attached hydrogen (secondary N) is 1. The third-order valence-corrected chi connectivity index (χ3v) is 3.76. The van der Waals surface area contributed by atoms with Crippen LogP contribution in [0.3, 0.4) is 0 Å². The first-order valence-electron chi connectivity index (χ1n) is 5.38. The summed E-state index contributed by atoms with van der Waals surface area (Å²) in [5, 5.41) is 0. The molecule has 0 aliphatic heterocycles. The summed E-state index contributed by atoms with van der Waals surface area (Å²) in [6.07, 6.45) is 0.649. The molecule has 0 amide bonds. The Morgan fingerprint density at radius 2 is 1.94 bits per heavy atom. The van der Waals surface area contributed by atoms with E-state index in [9.17, 15) is 8.42 Å². The Bertz CT molecular complexity index is 429. The molecule has 3 N–H and O–H groups in total. The van der Waals surface area contributed by atoms with Gasteiger partial charge < -0.3 is 10.5 Å². The lowest BCUT2D eigenvalue weighted by atomic mass is 10.2. The largest absolute Gasteiger partial charge is 0.385 e. The van der Waals surface area contributed by atoms with Gasteiger partial charge in [-0.1, -0.05) is 12.1 Å². The average molecular weight is 258 g/mol. The van der Waals surface area contributed by atoms with Crippen LogP contribution in [0.2, 0.25) is 0 Å². The minimum atomic E-state index is -3.41. The van der Waals surface area contributed by atoms with Crippen LogP contribution in [0.15, 0.2) is 29.2 Å². The van der Waals surface area contributed by atoms with Crippen LogP contribution in [-0.2, 0) is 21.3 Å². The van der Waals surface area contributed by atoms with Crippen LogP contribution in [0.25, 0.3) is 0 Å². The van der Waals surface area contributed by atoms with E-state index < -0.39 is 10.0 Å². The second-order valence-electron chi connectivity index (χ2n) is 3.59. The van der Waals surface area contributed by atoms with Crippen LogP contribution in [0.1, 0.15) is 12.0 Å². The molecule has 1 aromatic rings. The van der Waals surface area contributed by atoms with Gasteiger partial charge in [0, 0.05) is 26.8 Å². The Morgan fingerprint density at radius 1 is 1.29 bits per heavy atom. The molecule has 0 aliphatic carbocycles. The molecular weight excluding hydrogens is 240 g/mol. The minimum Gasteiger partial charge on any atom is -0.385 e. The summed E-state index contributed by atoms with van der Waals surface area (Å²) in [5.41, 5.74) is 6.35. The van der Waals surface area contributed by atoms with Gasteiger partial charge in [0.15, 0.2) is 0 Å². The Morgan fingerprint density at radius 3 is 2.47 bits per heavy atom. The summed E-state index contributed by atoms with van der Waals surface area (Å²) < 4.78 is 31.0. The summed E-state index contributed by atoms with van der Waals surface area (Å²) in [5.74, 6) is 0. The minimum absolute atomic E-state index is 0.257. The van der Waals surface area contributed by atoms with Crippen molar-refractivity contribution < 1.29 is 13.2 Å². The van der Waals surface area contributed by atoms with Crippen LogP contribution in [0.4, 0.5) is 0 Å². The van der Waals surface area contributed by atoms with E-state index >= 15 is 0 Å². The quantitative estimate of drug-likeness (QED) is 0.696. The van der Waals surface area contributed by atoms with E-state index in [-0.39, 0.29) is 4.90 Å². The van der Waals surface area contributed by atoms with Gasteiger partial charge in [-0.15, -0.1) is 0 Å². The predicted molar refractivity (Wildman–Crippen MR) is 66.0 cm³/mol. The van der Waals surface area contributed by atoms with E-state index in [0.29, 0.717) is 26.1 Å². The zero-order chi connectivity index (χ0) is 12.7. The Kier molecular flexibility index (Phi) is 5.57. The molecule has 0 saturated carbocycles. The highest BCUT2D eigenvalue weighted by atomic mass is 32.2. The highest BCUT2D eigenvalue weighted by molar-refractivity contribution is 7.89. The maximum atomic E-state index is 11.8. The Hall–Kier alpha value is -0.950. The molecule has 1 aromatic carbocycles. The molecule has 1 rings (SSSR count). The van der Waals surface area contributed by atoms with E-state index in [1.165, 1.54) is 0 Å². The third kappa shape index (κ3) is 4.43. The number of hydrogen-bond acceptors (Lipinski definition) is 4. The summed E-state index contributed by atoms with van der Waals surface area (Å²) in [6.45, 7) is 1.31. The highest BCUT2D eigenvalue weighted by Gasteiger charge is 2.12. The molecular formula is C11H18N2O3S. The molecule has 6 heteroatoms. The number of methoxy groups -OCH3 is 1. The fourth-order valence-electron chi connectivity index (χ4n) is 1.31.